The van der Waals surface area contributed by atoms with Crippen LogP contribution in [0.1, 0.15) is 21.5 Å². The Kier molecular flexibility index (Phi) is 6.56. The highest BCUT2D eigenvalue weighted by Gasteiger charge is 2.15. The summed E-state index contributed by atoms with van der Waals surface area (Å²) in [5.74, 6) is 0.529. The number of hydrogen-bond acceptors (Lipinski definition) is 5. The molecule has 1 amide bonds. The van der Waals surface area contributed by atoms with Crippen molar-refractivity contribution in [2.75, 3.05) is 17.9 Å². The Morgan fingerprint density at radius 1 is 1.03 bits per heavy atom. The highest BCUT2D eigenvalue weighted by Crippen LogP contribution is 2.20. The fourth-order valence-corrected chi connectivity index (χ4v) is 4.81. The van der Waals surface area contributed by atoms with Crippen LogP contribution in [0.2, 0.25) is 0 Å². The lowest BCUT2D eigenvalue weighted by atomic mass is 10.1. The van der Waals surface area contributed by atoms with Crippen molar-refractivity contribution in [1.29, 1.82) is 0 Å². The van der Waals surface area contributed by atoms with Crippen LogP contribution in [0.5, 0.6) is 5.75 Å². The Morgan fingerprint density at radius 3 is 2.34 bits per heavy atom. The van der Waals surface area contributed by atoms with Gasteiger partial charge in [-0.3, -0.25) is 9.52 Å². The Balaban J connectivity index is 1.50. The van der Waals surface area contributed by atoms with Gasteiger partial charge in [0.2, 0.25) is 0 Å². The topological polar surface area (TPSA) is 84.5 Å². The summed E-state index contributed by atoms with van der Waals surface area (Å²) in [6.07, 6.45) is 0. The largest absolute Gasteiger partial charge is 0.492 e. The van der Waals surface area contributed by atoms with Crippen molar-refractivity contribution in [2.24, 2.45) is 0 Å². The van der Waals surface area contributed by atoms with E-state index in [-0.39, 0.29) is 10.1 Å². The molecule has 0 bridgehead atoms. The monoisotopic (exact) mass is 430 g/mol. The second kappa shape index (κ2) is 9.11. The maximum Gasteiger partial charge on any atom is 0.271 e. The molecule has 3 aromatic rings. The minimum Gasteiger partial charge on any atom is -0.492 e. The van der Waals surface area contributed by atoms with E-state index in [9.17, 15) is 13.2 Å². The zero-order chi connectivity index (χ0) is 20.9. The average Bonchev–Trinajstić information content (AvgIpc) is 3.20. The lowest BCUT2D eigenvalue weighted by molar-refractivity contribution is 0.0947. The van der Waals surface area contributed by atoms with Gasteiger partial charge in [-0.05, 0) is 72.8 Å². The van der Waals surface area contributed by atoms with Crippen molar-refractivity contribution in [1.82, 2.24) is 5.32 Å². The van der Waals surface area contributed by atoms with Crippen molar-refractivity contribution >= 4 is 33.0 Å². The molecule has 0 saturated heterocycles. The SMILES string of the molecule is Cc1cc(C)cc(OCCNC(=O)c2ccc(NS(=O)(=O)c3cccs3)cc2)c1. The normalized spacial score (nSPS) is 11.1. The second-order valence-corrected chi connectivity index (χ2v) is 9.40. The first-order chi connectivity index (χ1) is 13.8. The van der Waals surface area contributed by atoms with Gasteiger partial charge in [-0.2, -0.15) is 0 Å². The Bertz CT molecular complexity index is 1060. The first-order valence-corrected chi connectivity index (χ1v) is 11.4. The molecule has 0 aliphatic heterocycles. The number of rotatable bonds is 8. The van der Waals surface area contributed by atoms with Crippen molar-refractivity contribution < 1.29 is 17.9 Å². The molecule has 152 valence electrons. The van der Waals surface area contributed by atoms with Gasteiger partial charge in [-0.25, -0.2) is 8.42 Å². The molecule has 8 heteroatoms. The summed E-state index contributed by atoms with van der Waals surface area (Å²) in [4.78, 5) is 12.2. The third kappa shape index (κ3) is 5.82. The number of carbonyl (C=O) groups excluding carboxylic acids is 1. The Morgan fingerprint density at radius 2 is 1.72 bits per heavy atom. The molecule has 0 aliphatic rings. The molecule has 6 nitrogen and oxygen atoms in total. The van der Waals surface area contributed by atoms with Crippen LogP contribution in [-0.2, 0) is 10.0 Å². The third-order valence-electron chi connectivity index (χ3n) is 4.01. The van der Waals surface area contributed by atoms with Crippen molar-refractivity contribution in [3.8, 4) is 5.75 Å². The predicted octanol–water partition coefficient (Wildman–Crippen LogP) is 3.97. The smallest absolute Gasteiger partial charge is 0.271 e. The first kappa shape index (κ1) is 20.9. The maximum atomic E-state index is 12.2. The molecule has 0 radical (unpaired) electrons. The van der Waals surface area contributed by atoms with Gasteiger partial charge in [0, 0.05) is 11.3 Å². The Hall–Kier alpha value is -2.84. The van der Waals surface area contributed by atoms with Crippen LogP contribution in [0.15, 0.2) is 64.2 Å². The van der Waals surface area contributed by atoms with E-state index in [1.807, 2.05) is 26.0 Å². The van der Waals surface area contributed by atoms with Crippen LogP contribution in [0.3, 0.4) is 0 Å². The van der Waals surface area contributed by atoms with Gasteiger partial charge in [0.25, 0.3) is 15.9 Å². The van der Waals surface area contributed by atoms with E-state index in [4.69, 9.17) is 4.74 Å². The van der Waals surface area contributed by atoms with E-state index < -0.39 is 10.0 Å². The second-order valence-electron chi connectivity index (χ2n) is 6.54. The maximum absolute atomic E-state index is 12.2. The van der Waals surface area contributed by atoms with Gasteiger partial charge >= 0.3 is 0 Å². The van der Waals surface area contributed by atoms with Crippen molar-refractivity contribution in [2.45, 2.75) is 18.1 Å². The standard InChI is InChI=1S/C21H22N2O4S2/c1-15-12-16(2)14-19(13-15)27-10-9-22-21(24)17-5-7-18(8-6-17)23-29(25,26)20-4-3-11-28-20/h3-8,11-14,23H,9-10H2,1-2H3,(H,22,24). The molecule has 0 fully saturated rings. The molecule has 3 rings (SSSR count). The summed E-state index contributed by atoms with van der Waals surface area (Å²) in [6.45, 7) is 4.73. The number of amides is 1. The van der Waals surface area contributed by atoms with Gasteiger partial charge in [-0.1, -0.05) is 12.1 Å². The number of sulfonamides is 1. The molecule has 1 aromatic heterocycles. The number of hydrogen-bond donors (Lipinski definition) is 2. The van der Waals surface area contributed by atoms with Crippen LogP contribution in [0.4, 0.5) is 5.69 Å². The minimum atomic E-state index is -3.60. The van der Waals surface area contributed by atoms with E-state index in [0.29, 0.717) is 24.4 Å². The molecular formula is C21H22N2O4S2. The number of carbonyl (C=O) groups is 1. The number of nitrogens with one attached hydrogen (secondary N) is 2. The fourth-order valence-electron chi connectivity index (χ4n) is 2.76. The minimum absolute atomic E-state index is 0.239. The highest BCUT2D eigenvalue weighted by molar-refractivity contribution is 7.94. The van der Waals surface area contributed by atoms with Crippen molar-refractivity contribution in [3.05, 3.63) is 76.7 Å². The average molecular weight is 431 g/mol. The predicted molar refractivity (Wildman–Crippen MR) is 115 cm³/mol. The lowest BCUT2D eigenvalue weighted by Crippen LogP contribution is -2.28. The summed E-state index contributed by atoms with van der Waals surface area (Å²) >= 11 is 1.14. The molecule has 0 atom stereocenters. The van der Waals surface area contributed by atoms with Gasteiger partial charge in [0.05, 0.1) is 6.54 Å². The number of ether oxygens (including phenoxy) is 1. The molecule has 0 unspecified atom stereocenters. The molecule has 0 aliphatic carbocycles. The molecule has 2 aromatic carbocycles. The van der Waals surface area contributed by atoms with E-state index in [1.54, 1.807) is 35.7 Å². The lowest BCUT2D eigenvalue weighted by Gasteiger charge is -2.10. The van der Waals surface area contributed by atoms with E-state index in [0.717, 1.165) is 28.2 Å². The third-order valence-corrected chi connectivity index (χ3v) is 6.79. The van der Waals surface area contributed by atoms with Gasteiger partial charge in [0.15, 0.2) is 0 Å². The molecule has 2 N–H and O–H groups in total. The van der Waals surface area contributed by atoms with Crippen LogP contribution in [0, 0.1) is 13.8 Å². The highest BCUT2D eigenvalue weighted by atomic mass is 32.2. The molecule has 0 spiro atoms. The zero-order valence-electron chi connectivity index (χ0n) is 16.1. The van der Waals surface area contributed by atoms with Gasteiger partial charge < -0.3 is 10.1 Å². The van der Waals surface area contributed by atoms with Crippen LogP contribution in [0.25, 0.3) is 0 Å². The molecule has 1 heterocycles. The number of thiophene rings is 1. The van der Waals surface area contributed by atoms with E-state index in [2.05, 4.69) is 16.1 Å². The number of benzene rings is 2. The molecule has 0 saturated carbocycles. The Labute approximate surface area is 174 Å². The fraction of sp³-hybridized carbons (Fsp3) is 0.190. The van der Waals surface area contributed by atoms with Crippen LogP contribution in [-0.4, -0.2) is 27.5 Å². The van der Waals surface area contributed by atoms with E-state index >= 15 is 0 Å². The number of aryl methyl sites for hydroxylation is 2. The molecular weight excluding hydrogens is 408 g/mol. The van der Waals surface area contributed by atoms with Crippen molar-refractivity contribution in [3.63, 3.8) is 0 Å². The summed E-state index contributed by atoms with van der Waals surface area (Å²) in [5, 5.41) is 4.49. The summed E-state index contributed by atoms with van der Waals surface area (Å²) < 4.78 is 32.9. The van der Waals surface area contributed by atoms with Crippen LogP contribution >= 0.6 is 11.3 Å². The zero-order valence-corrected chi connectivity index (χ0v) is 17.8. The molecule has 29 heavy (non-hydrogen) atoms. The van der Waals surface area contributed by atoms with Gasteiger partial charge in [0.1, 0.15) is 16.6 Å². The number of anilines is 1. The summed E-state index contributed by atoms with van der Waals surface area (Å²) in [5.41, 5.74) is 3.08. The van der Waals surface area contributed by atoms with Crippen LogP contribution < -0.4 is 14.8 Å². The van der Waals surface area contributed by atoms with E-state index in [1.165, 1.54) is 6.07 Å². The first-order valence-electron chi connectivity index (χ1n) is 8.99. The quantitative estimate of drug-likeness (QED) is 0.530. The summed E-state index contributed by atoms with van der Waals surface area (Å²) in [7, 11) is -3.60. The summed E-state index contributed by atoms with van der Waals surface area (Å²) in [6, 6.07) is 15.5. The van der Waals surface area contributed by atoms with Gasteiger partial charge in [-0.15, -0.1) is 11.3 Å².